The van der Waals surface area contributed by atoms with Gasteiger partial charge in [0.2, 0.25) is 0 Å². The maximum atomic E-state index is 11.7. The Morgan fingerprint density at radius 2 is 1.16 bits per heavy atom. The predicted molar refractivity (Wildman–Crippen MR) is 193 cm³/mol. The van der Waals surface area contributed by atoms with Gasteiger partial charge in [-0.2, -0.15) is 32.4 Å². The van der Waals surface area contributed by atoms with Crippen molar-refractivity contribution in [3.8, 4) is 0 Å². The molecule has 2 aliphatic heterocycles. The van der Waals surface area contributed by atoms with E-state index >= 15 is 0 Å². The largest absolute Gasteiger partial charge is 0 e. The summed E-state index contributed by atoms with van der Waals surface area (Å²) in [6, 6.07) is 0. The molecule has 0 spiro atoms. The number of ether oxygens (including phenoxy) is 2. The number of piperidine rings is 2. The number of halogens is 4. The molecule has 43 heavy (non-hydrogen) atoms. The van der Waals surface area contributed by atoms with E-state index < -0.39 is 19.4 Å². The van der Waals surface area contributed by atoms with Gasteiger partial charge in [0.1, 0.15) is 0 Å². The third kappa shape index (κ3) is 31.4. The fraction of sp³-hybridized carbons (Fsp3) is 0.826. The average Bonchev–Trinajstić information content (AvgIpc) is 2.90. The standard InChI is InChI=1S/C10H20N2O4S.C8H14ClNO4S.C2H7N.C2H5.CH3.3HI.2V/c1-3-11-17(14,15)12-6-4-9(5-7-12)8-10(13)16-2;1-14-8(11)6-7-2-4-10(5-3-7)15(9,12)13;1-2-3;1-2;;;;;;/h9,11H,3-8H2,1-2H3;7H,2-6H2,1H3;2-3H2,1H3;1H2,2H3;1H3;3*1H;;/q;;;2*-1;;;;;+3/p-3. The van der Waals surface area contributed by atoms with E-state index in [1.165, 1.54) is 22.8 Å². The number of nitrogens with two attached hydrogens (primary N) is 1. The molecule has 2 saturated heterocycles. The van der Waals surface area contributed by atoms with Gasteiger partial charge in [-0.1, -0.05) is 13.8 Å². The maximum absolute atomic E-state index is 11.7. The van der Waals surface area contributed by atoms with Crippen molar-refractivity contribution in [2.45, 2.75) is 59.3 Å². The van der Waals surface area contributed by atoms with Crippen LogP contribution in [0.5, 0.6) is 0 Å². The SMILES string of the molecule is CCN.CCNS(=O)(=O)N1CCC(CC(=O)OC)CC1.COC(=O)CC1CCN(S(=O)(=O)Cl)CC1.[CH2-]C.[CH3-].[I][V]([I])[I].[V]. The zero-order valence-corrected chi connectivity index (χ0v) is 37.5. The maximum Gasteiger partial charge on any atom is 0 e. The van der Waals surface area contributed by atoms with Crippen LogP contribution in [0.1, 0.15) is 59.3 Å². The molecule has 0 atom stereocenters. The van der Waals surface area contributed by atoms with E-state index in [2.05, 4.69) is 81.1 Å². The molecule has 261 valence electrons. The summed E-state index contributed by atoms with van der Waals surface area (Å²) in [7, 11) is 0.998. The number of rotatable bonds is 8. The Morgan fingerprint density at radius 3 is 1.40 bits per heavy atom. The van der Waals surface area contributed by atoms with Gasteiger partial charge in [-0.15, -0.1) is 0 Å². The van der Waals surface area contributed by atoms with E-state index in [0.717, 1.165) is 6.54 Å². The molecule has 12 nitrogen and oxygen atoms in total. The van der Waals surface area contributed by atoms with Gasteiger partial charge in [0.05, 0.1) is 14.2 Å². The first-order valence-electron chi connectivity index (χ1n) is 12.8. The number of hydrogen-bond donors (Lipinski definition) is 2. The second-order valence-electron chi connectivity index (χ2n) is 8.29. The van der Waals surface area contributed by atoms with Gasteiger partial charge in [0, 0.05) is 74.8 Å². The predicted octanol–water partition coefficient (Wildman–Crippen LogP) is 4.77. The zero-order chi connectivity index (χ0) is 32.6. The Hall–Kier alpha value is 2.33. The normalized spacial score (nSPS) is 16.0. The summed E-state index contributed by atoms with van der Waals surface area (Å²) in [5.41, 5.74) is 4.85. The second kappa shape index (κ2) is 32.9. The van der Waals surface area contributed by atoms with Crippen LogP contribution in [0.15, 0.2) is 0 Å². The van der Waals surface area contributed by atoms with Crippen LogP contribution in [-0.4, -0.2) is 90.9 Å². The smallest absolute Gasteiger partial charge is 0 e. The van der Waals surface area contributed by atoms with Crippen molar-refractivity contribution in [3.05, 3.63) is 14.4 Å². The van der Waals surface area contributed by atoms with Gasteiger partial charge in [0.15, 0.2) is 0 Å². The number of carbonyl (C=O) groups excluding carboxylic acids is 2. The first-order valence-corrected chi connectivity index (χ1v) is 30.1. The fourth-order valence-electron chi connectivity index (χ4n) is 3.60. The molecule has 0 aliphatic carbocycles. The Morgan fingerprint density at radius 1 is 0.884 bits per heavy atom. The first kappa shape index (κ1) is 54.8. The molecule has 0 amide bonds. The van der Waals surface area contributed by atoms with E-state index in [0.29, 0.717) is 71.2 Å². The molecule has 0 aromatic carbocycles. The molecule has 2 rings (SSSR count). The summed E-state index contributed by atoms with van der Waals surface area (Å²) in [5, 5.41) is 0. The van der Waals surface area contributed by atoms with Crippen LogP contribution in [0.2, 0.25) is 0 Å². The van der Waals surface area contributed by atoms with Crippen LogP contribution in [0.25, 0.3) is 0 Å². The Balaban J connectivity index is -0.000000170. The molecular weight excluding hydrogens is 1040 g/mol. The number of carbonyl (C=O) groups is 2. The van der Waals surface area contributed by atoms with E-state index in [4.69, 9.17) is 16.4 Å². The molecule has 0 aromatic rings. The van der Waals surface area contributed by atoms with Crippen LogP contribution < -0.4 is 10.5 Å². The second-order valence-corrected chi connectivity index (χ2v) is 47.9. The summed E-state index contributed by atoms with van der Waals surface area (Å²) < 4.78 is 59.6. The van der Waals surface area contributed by atoms with E-state index in [1.807, 2.05) is 6.92 Å². The number of esters is 2. The van der Waals surface area contributed by atoms with E-state index in [1.54, 1.807) is 13.8 Å². The van der Waals surface area contributed by atoms with Crippen molar-refractivity contribution in [2.24, 2.45) is 17.6 Å². The average molecular weight is 1090 g/mol. The minimum Gasteiger partial charge on any atom is 0 e. The molecule has 3 N–H and O–H groups in total. The van der Waals surface area contributed by atoms with Gasteiger partial charge >= 0.3 is 76.8 Å². The minimum atomic E-state index is -3.59. The molecule has 0 aromatic heterocycles. The summed E-state index contributed by atoms with van der Waals surface area (Å²) in [5.74, 6) is -0.0391. The van der Waals surface area contributed by atoms with Crippen molar-refractivity contribution in [1.82, 2.24) is 13.3 Å². The molecule has 2 fully saturated rings. The van der Waals surface area contributed by atoms with Crippen molar-refractivity contribution in [1.29, 1.82) is 0 Å². The summed E-state index contributed by atoms with van der Waals surface area (Å²) >= 11 is 7.39. The topological polar surface area (TPSA) is 165 Å². The van der Waals surface area contributed by atoms with Gasteiger partial charge in [0.25, 0.3) is 19.4 Å². The summed E-state index contributed by atoms with van der Waals surface area (Å²) in [6.07, 6.45) is 3.46. The van der Waals surface area contributed by atoms with E-state index in [9.17, 15) is 26.4 Å². The van der Waals surface area contributed by atoms with Crippen molar-refractivity contribution in [3.63, 3.8) is 0 Å². The molecule has 0 unspecified atom stereocenters. The van der Waals surface area contributed by atoms with Crippen LogP contribution in [0, 0.1) is 26.2 Å². The third-order valence-electron chi connectivity index (χ3n) is 5.49. The molecule has 0 bridgehead atoms. The van der Waals surface area contributed by atoms with E-state index in [-0.39, 0.29) is 54.7 Å². The van der Waals surface area contributed by atoms with Crippen LogP contribution in [0.4, 0.5) is 0 Å². The Bertz CT molecular complexity index is 896. The summed E-state index contributed by atoms with van der Waals surface area (Å²) in [6.45, 7) is 11.5. The molecular formula is C23H49ClI3N4O8S2V2-2. The number of nitrogens with one attached hydrogen (secondary N) is 1. The molecule has 2 heterocycles. The van der Waals surface area contributed by atoms with Crippen LogP contribution >= 0.6 is 70.6 Å². The van der Waals surface area contributed by atoms with Crippen molar-refractivity contribution < 1.29 is 59.4 Å². The fourth-order valence-corrected chi connectivity index (χ4v) is 5.90. The molecule has 0 saturated carbocycles. The molecule has 2 aliphatic rings. The molecule has 20 heteroatoms. The number of nitrogens with zero attached hydrogens (tertiary/aromatic N) is 2. The first-order chi connectivity index (χ1) is 19.1. The van der Waals surface area contributed by atoms with Crippen molar-refractivity contribution >= 4 is 102 Å². The van der Waals surface area contributed by atoms with Gasteiger partial charge < -0.3 is 29.6 Å². The quantitative estimate of drug-likeness (QED) is 0.151. The third-order valence-corrected chi connectivity index (χ3v) is 8.75. The van der Waals surface area contributed by atoms with Gasteiger partial charge in [-0.3, -0.25) is 9.59 Å². The summed E-state index contributed by atoms with van der Waals surface area (Å²) in [4.78, 5) is 21.8. The number of hydrogen-bond acceptors (Lipinski definition) is 9. The van der Waals surface area contributed by atoms with Crippen LogP contribution in [0.3, 0.4) is 0 Å². The van der Waals surface area contributed by atoms with Gasteiger partial charge in [-0.25, -0.2) is 4.72 Å². The Labute approximate surface area is 315 Å². The monoisotopic (exact) mass is 1090 g/mol. The molecule has 1 radical (unpaired) electrons. The Kier molecular flexibility index (Phi) is 41.8. The number of methoxy groups -OCH3 is 2. The minimum absolute atomic E-state index is 0. The van der Waals surface area contributed by atoms with Crippen LogP contribution in [-0.2, 0) is 62.0 Å². The zero-order valence-electron chi connectivity index (χ0n) is 25.8. The van der Waals surface area contributed by atoms with Crippen molar-refractivity contribution in [2.75, 3.05) is 53.5 Å². The van der Waals surface area contributed by atoms with Gasteiger partial charge in [-0.05, 0) is 44.1 Å².